The molecule has 6 aromatic carbocycles. The molecule has 0 unspecified atom stereocenters. The maximum Gasteiger partial charge on any atom is 0.168 e. The van der Waals surface area contributed by atoms with E-state index in [2.05, 4.69) is 79.7 Å². The van der Waals surface area contributed by atoms with Gasteiger partial charge in [0.05, 0.1) is 55.2 Å². The fraction of sp³-hybridized carbons (Fsp3) is 0.217. The molecule has 0 amide bonds. The van der Waals surface area contributed by atoms with Gasteiger partial charge in [0.15, 0.2) is 34.5 Å². The summed E-state index contributed by atoms with van der Waals surface area (Å²) in [6.07, 6.45) is 0.867. The van der Waals surface area contributed by atoms with E-state index in [1.54, 1.807) is 49.8 Å². The third-order valence-electron chi connectivity index (χ3n) is 9.40. The lowest BCUT2D eigenvalue weighted by atomic mass is 9.64. The molecule has 0 saturated heterocycles. The van der Waals surface area contributed by atoms with Crippen LogP contribution < -0.4 is 33.2 Å². The van der Waals surface area contributed by atoms with Crippen LogP contribution in [0.2, 0.25) is 0 Å². The minimum atomic E-state index is -0.696. The van der Waals surface area contributed by atoms with Crippen LogP contribution >= 0.6 is 0 Å². The molecule has 0 fully saturated rings. The van der Waals surface area contributed by atoms with Crippen LogP contribution in [0.3, 0.4) is 0 Å². The van der Waals surface area contributed by atoms with Gasteiger partial charge in [0.25, 0.3) is 0 Å². The average molecular weight is 713 g/mol. The minimum Gasteiger partial charge on any atom is -0.496 e. The number of ether oxygens (including phenoxy) is 7. The molecule has 0 bridgehead atoms. The Morgan fingerprint density at radius 1 is 0.358 bits per heavy atom. The lowest BCUT2D eigenvalue weighted by Crippen LogP contribution is -2.32. The zero-order valence-electron chi connectivity index (χ0n) is 31.8. The molecule has 6 rings (SSSR count). The standard InChI is InChI=1S/C30H30O3.C16H18O4/c1-5-22-14-12-19-25(28(22)32-3)30(23-15-8-6-9-16-23,24-17-10-7-11-18-24)26-20-13-21-27(31-2)29(26)33-4;1-17-13-9-5-7-11(15(13)19-3)12-8-6-10-14(18-2)16(12)20-4/h6-21H,5H2,1-4H3;5-10H,1-4H3. The number of aryl methyl sites for hydroxylation is 1. The number of benzene rings is 6. The third-order valence-corrected chi connectivity index (χ3v) is 9.40. The molecule has 0 heterocycles. The van der Waals surface area contributed by atoms with Crippen molar-refractivity contribution in [3.05, 3.63) is 161 Å². The third kappa shape index (κ3) is 7.33. The van der Waals surface area contributed by atoms with E-state index in [1.807, 2.05) is 60.7 Å². The van der Waals surface area contributed by atoms with Crippen LogP contribution in [0.25, 0.3) is 11.1 Å². The van der Waals surface area contributed by atoms with Crippen molar-refractivity contribution in [1.29, 1.82) is 0 Å². The molecule has 0 aliphatic heterocycles. The molecule has 0 spiro atoms. The van der Waals surface area contributed by atoms with Crippen molar-refractivity contribution >= 4 is 0 Å². The Bertz CT molecular complexity index is 1930. The normalized spacial score (nSPS) is 10.7. The Hall–Kier alpha value is -6.08. The van der Waals surface area contributed by atoms with Gasteiger partial charge in [-0.1, -0.05) is 122 Å². The molecular weight excluding hydrogens is 664 g/mol. The molecule has 0 aliphatic carbocycles. The first kappa shape index (κ1) is 38.2. The minimum absolute atomic E-state index is 0.668. The average Bonchev–Trinajstić information content (AvgIpc) is 3.23. The lowest BCUT2D eigenvalue weighted by molar-refractivity contribution is 0.348. The Labute approximate surface area is 313 Å². The second kappa shape index (κ2) is 17.9. The smallest absolute Gasteiger partial charge is 0.168 e. The first-order valence-corrected chi connectivity index (χ1v) is 17.4. The van der Waals surface area contributed by atoms with Gasteiger partial charge in [0.1, 0.15) is 5.75 Å². The van der Waals surface area contributed by atoms with Crippen LogP contribution in [0.15, 0.2) is 133 Å². The summed E-state index contributed by atoms with van der Waals surface area (Å²) < 4.78 is 39.4. The van der Waals surface area contributed by atoms with E-state index in [0.717, 1.165) is 51.1 Å². The van der Waals surface area contributed by atoms with Crippen molar-refractivity contribution in [2.24, 2.45) is 0 Å². The molecule has 0 aromatic heterocycles. The van der Waals surface area contributed by atoms with Gasteiger partial charge < -0.3 is 33.2 Å². The molecule has 7 heteroatoms. The highest BCUT2D eigenvalue weighted by molar-refractivity contribution is 5.80. The van der Waals surface area contributed by atoms with Crippen molar-refractivity contribution in [3.63, 3.8) is 0 Å². The van der Waals surface area contributed by atoms with Gasteiger partial charge in [-0.25, -0.2) is 0 Å². The van der Waals surface area contributed by atoms with Crippen LogP contribution in [0.5, 0.6) is 40.2 Å². The molecule has 7 nitrogen and oxygen atoms in total. The van der Waals surface area contributed by atoms with Crippen LogP contribution in [0, 0.1) is 0 Å². The molecule has 0 atom stereocenters. The van der Waals surface area contributed by atoms with Crippen LogP contribution in [-0.4, -0.2) is 49.8 Å². The summed E-state index contributed by atoms with van der Waals surface area (Å²) in [4.78, 5) is 0. The van der Waals surface area contributed by atoms with Gasteiger partial charge in [-0.3, -0.25) is 0 Å². The zero-order valence-corrected chi connectivity index (χ0v) is 31.8. The highest BCUT2D eigenvalue weighted by atomic mass is 16.5. The summed E-state index contributed by atoms with van der Waals surface area (Å²) in [6, 6.07) is 45.0. The van der Waals surface area contributed by atoms with Gasteiger partial charge in [0, 0.05) is 22.3 Å². The van der Waals surface area contributed by atoms with Crippen molar-refractivity contribution in [3.8, 4) is 51.4 Å². The maximum atomic E-state index is 6.10. The van der Waals surface area contributed by atoms with Gasteiger partial charge in [-0.05, 0) is 41.3 Å². The van der Waals surface area contributed by atoms with Crippen molar-refractivity contribution < 1.29 is 33.2 Å². The zero-order chi connectivity index (χ0) is 37.8. The van der Waals surface area contributed by atoms with E-state index in [9.17, 15) is 0 Å². The summed E-state index contributed by atoms with van der Waals surface area (Å²) in [7, 11) is 11.6. The lowest BCUT2D eigenvalue weighted by Gasteiger charge is -2.39. The molecular formula is C46H48O7. The highest BCUT2D eigenvalue weighted by Gasteiger charge is 2.43. The number of rotatable bonds is 13. The van der Waals surface area contributed by atoms with E-state index in [0.29, 0.717) is 34.5 Å². The number of para-hydroxylation sites is 4. The fourth-order valence-electron chi connectivity index (χ4n) is 7.09. The van der Waals surface area contributed by atoms with Crippen LogP contribution in [0.1, 0.15) is 34.7 Å². The number of methoxy groups -OCH3 is 7. The van der Waals surface area contributed by atoms with Crippen LogP contribution in [-0.2, 0) is 11.8 Å². The fourth-order valence-corrected chi connectivity index (χ4v) is 7.09. The Balaban J connectivity index is 0.000000231. The largest absolute Gasteiger partial charge is 0.496 e. The quantitative estimate of drug-likeness (QED) is 0.111. The first-order valence-electron chi connectivity index (χ1n) is 17.4. The molecule has 53 heavy (non-hydrogen) atoms. The monoisotopic (exact) mass is 712 g/mol. The molecule has 0 radical (unpaired) electrons. The Kier molecular flexibility index (Phi) is 12.9. The van der Waals surface area contributed by atoms with Gasteiger partial charge >= 0.3 is 0 Å². The Morgan fingerprint density at radius 3 is 1.13 bits per heavy atom. The van der Waals surface area contributed by atoms with Crippen molar-refractivity contribution in [2.45, 2.75) is 18.8 Å². The second-order valence-electron chi connectivity index (χ2n) is 12.0. The van der Waals surface area contributed by atoms with E-state index >= 15 is 0 Å². The number of hydrogen-bond donors (Lipinski definition) is 0. The summed E-state index contributed by atoms with van der Waals surface area (Å²) in [5.74, 6) is 4.97. The van der Waals surface area contributed by atoms with E-state index in [1.165, 1.54) is 0 Å². The first-order chi connectivity index (χ1) is 26.0. The molecule has 274 valence electrons. The predicted molar refractivity (Wildman–Crippen MR) is 212 cm³/mol. The summed E-state index contributed by atoms with van der Waals surface area (Å²) in [5.41, 5.74) is 6.54. The molecule has 6 aromatic rings. The van der Waals surface area contributed by atoms with Gasteiger partial charge in [0.2, 0.25) is 0 Å². The summed E-state index contributed by atoms with van der Waals surface area (Å²) in [6.45, 7) is 2.15. The van der Waals surface area contributed by atoms with Gasteiger partial charge in [-0.2, -0.15) is 0 Å². The van der Waals surface area contributed by atoms with Gasteiger partial charge in [-0.15, -0.1) is 0 Å². The number of hydrogen-bond acceptors (Lipinski definition) is 7. The topological polar surface area (TPSA) is 64.6 Å². The maximum absolute atomic E-state index is 6.10. The van der Waals surface area contributed by atoms with E-state index < -0.39 is 5.41 Å². The molecule has 0 N–H and O–H groups in total. The highest BCUT2D eigenvalue weighted by Crippen LogP contribution is 2.53. The summed E-state index contributed by atoms with van der Waals surface area (Å²) >= 11 is 0. The van der Waals surface area contributed by atoms with Crippen molar-refractivity contribution in [1.82, 2.24) is 0 Å². The van der Waals surface area contributed by atoms with Crippen LogP contribution in [0.4, 0.5) is 0 Å². The van der Waals surface area contributed by atoms with E-state index in [-0.39, 0.29) is 0 Å². The van der Waals surface area contributed by atoms with Crippen molar-refractivity contribution in [2.75, 3.05) is 49.8 Å². The SMILES string of the molecule is CCc1cccc(C(c2ccccc2)(c2ccccc2)c2cccc(OC)c2OC)c1OC.COc1cccc(-c2cccc(OC)c2OC)c1OC. The molecule has 0 saturated carbocycles. The van der Waals surface area contributed by atoms with E-state index in [4.69, 9.17) is 33.2 Å². The second-order valence-corrected chi connectivity index (χ2v) is 12.0. The predicted octanol–water partition coefficient (Wildman–Crippen LogP) is 10.0. The summed E-state index contributed by atoms with van der Waals surface area (Å²) in [5, 5.41) is 0. The Morgan fingerprint density at radius 2 is 0.736 bits per heavy atom. The molecule has 0 aliphatic rings.